The third kappa shape index (κ3) is 4.86. The van der Waals surface area contributed by atoms with Crippen LogP contribution in [0.4, 0.5) is 5.69 Å². The van der Waals surface area contributed by atoms with Gasteiger partial charge in [0.15, 0.2) is 0 Å². The summed E-state index contributed by atoms with van der Waals surface area (Å²) in [5.41, 5.74) is 3.03. The predicted octanol–water partition coefficient (Wildman–Crippen LogP) is 4.34. The Kier molecular flexibility index (Phi) is 5.91. The second-order valence-electron chi connectivity index (χ2n) is 5.98. The fourth-order valence-corrected chi connectivity index (χ4v) is 3.66. The Balaban J connectivity index is 1.78. The molecule has 0 aliphatic rings. The molecule has 0 atom stereocenters. The minimum absolute atomic E-state index is 0.169. The first-order valence-corrected chi connectivity index (χ1v) is 10.0. The molecule has 0 spiro atoms. The van der Waals surface area contributed by atoms with Gasteiger partial charge in [0.2, 0.25) is 0 Å². The molecule has 0 amide bonds. The molecule has 0 heterocycles. The average molecular weight is 393 g/mol. The Labute approximate surface area is 164 Å². The Morgan fingerprint density at radius 2 is 1.57 bits per heavy atom. The zero-order chi connectivity index (χ0) is 20.0. The molecule has 0 aliphatic heterocycles. The van der Waals surface area contributed by atoms with Crippen molar-refractivity contribution < 1.29 is 17.9 Å². The van der Waals surface area contributed by atoms with Gasteiger partial charge in [-0.05, 0) is 47.0 Å². The molecule has 3 aromatic rings. The molecule has 1 N–H and O–H groups in total. The topological polar surface area (TPSA) is 72.5 Å². The molecule has 28 heavy (non-hydrogen) atoms. The van der Waals surface area contributed by atoms with E-state index in [-0.39, 0.29) is 4.90 Å². The number of benzene rings is 3. The molecule has 6 heteroatoms. The lowest BCUT2D eigenvalue weighted by Gasteiger charge is -2.09. The summed E-state index contributed by atoms with van der Waals surface area (Å²) in [7, 11) is -2.44. The van der Waals surface area contributed by atoms with Crippen molar-refractivity contribution in [2.45, 2.75) is 4.90 Å². The lowest BCUT2D eigenvalue weighted by atomic mass is 10.1. The number of carbonyl (C=O) groups is 1. The Bertz CT molecular complexity index is 1090. The van der Waals surface area contributed by atoms with Crippen LogP contribution < -0.4 is 4.72 Å². The molecule has 0 aliphatic carbocycles. The average Bonchev–Trinajstić information content (AvgIpc) is 2.72. The van der Waals surface area contributed by atoms with Gasteiger partial charge in [-0.25, -0.2) is 13.2 Å². The smallest absolute Gasteiger partial charge is 0.330 e. The molecule has 0 saturated heterocycles. The molecule has 0 unspecified atom stereocenters. The highest BCUT2D eigenvalue weighted by molar-refractivity contribution is 7.92. The summed E-state index contributed by atoms with van der Waals surface area (Å²) in [6.07, 6.45) is 2.83. The van der Waals surface area contributed by atoms with Crippen molar-refractivity contribution in [3.05, 3.63) is 90.5 Å². The van der Waals surface area contributed by atoms with Crippen LogP contribution in [0.5, 0.6) is 0 Å². The van der Waals surface area contributed by atoms with Crippen LogP contribution in [0.1, 0.15) is 5.56 Å². The fraction of sp³-hybridized carbons (Fsp3) is 0.0455. The number of sulfonamides is 1. The molecule has 0 radical (unpaired) electrons. The number of rotatable bonds is 6. The van der Waals surface area contributed by atoms with Crippen LogP contribution in [-0.4, -0.2) is 21.5 Å². The van der Waals surface area contributed by atoms with Crippen LogP contribution >= 0.6 is 0 Å². The summed E-state index contributed by atoms with van der Waals surface area (Å²) in [6, 6.07) is 23.2. The molecule has 5 nitrogen and oxygen atoms in total. The monoisotopic (exact) mass is 393 g/mol. The van der Waals surface area contributed by atoms with Crippen LogP contribution in [0, 0.1) is 0 Å². The van der Waals surface area contributed by atoms with Crippen molar-refractivity contribution in [3.8, 4) is 11.1 Å². The number of esters is 1. The largest absolute Gasteiger partial charge is 0.466 e. The van der Waals surface area contributed by atoms with Gasteiger partial charge in [0, 0.05) is 11.8 Å². The van der Waals surface area contributed by atoms with Gasteiger partial charge in [-0.3, -0.25) is 4.72 Å². The molecule has 0 aromatic heterocycles. The first-order chi connectivity index (χ1) is 13.5. The van der Waals surface area contributed by atoms with Crippen molar-refractivity contribution in [2.24, 2.45) is 0 Å². The van der Waals surface area contributed by atoms with Gasteiger partial charge >= 0.3 is 5.97 Å². The second kappa shape index (κ2) is 8.54. The quantitative estimate of drug-likeness (QED) is 0.499. The number of methoxy groups -OCH3 is 1. The van der Waals surface area contributed by atoms with E-state index in [2.05, 4.69) is 9.46 Å². The highest BCUT2D eigenvalue weighted by Gasteiger charge is 2.14. The maximum absolute atomic E-state index is 12.7. The van der Waals surface area contributed by atoms with Crippen molar-refractivity contribution in [1.82, 2.24) is 0 Å². The van der Waals surface area contributed by atoms with E-state index >= 15 is 0 Å². The number of carbonyl (C=O) groups excluding carboxylic acids is 1. The Hall–Kier alpha value is -3.38. The zero-order valence-corrected chi connectivity index (χ0v) is 16.0. The van der Waals surface area contributed by atoms with Crippen molar-refractivity contribution in [2.75, 3.05) is 11.8 Å². The van der Waals surface area contributed by atoms with Gasteiger partial charge < -0.3 is 4.74 Å². The van der Waals surface area contributed by atoms with E-state index in [0.29, 0.717) is 11.3 Å². The Morgan fingerprint density at radius 3 is 2.25 bits per heavy atom. The highest BCUT2D eigenvalue weighted by atomic mass is 32.2. The summed E-state index contributed by atoms with van der Waals surface area (Å²) in [4.78, 5) is 11.4. The van der Waals surface area contributed by atoms with Crippen molar-refractivity contribution >= 4 is 27.8 Å². The van der Waals surface area contributed by atoms with Crippen LogP contribution in [0.25, 0.3) is 17.2 Å². The van der Waals surface area contributed by atoms with Crippen molar-refractivity contribution in [3.63, 3.8) is 0 Å². The van der Waals surface area contributed by atoms with E-state index in [9.17, 15) is 13.2 Å². The number of hydrogen-bond donors (Lipinski definition) is 1. The molecule has 0 bridgehead atoms. The third-order valence-electron chi connectivity index (χ3n) is 4.02. The number of ether oxygens (including phenoxy) is 1. The van der Waals surface area contributed by atoms with E-state index in [4.69, 9.17) is 0 Å². The van der Waals surface area contributed by atoms with Crippen LogP contribution in [0.2, 0.25) is 0 Å². The lowest BCUT2D eigenvalue weighted by Crippen LogP contribution is -2.12. The van der Waals surface area contributed by atoms with E-state index in [1.54, 1.807) is 54.6 Å². The maximum atomic E-state index is 12.7. The predicted molar refractivity (Wildman–Crippen MR) is 110 cm³/mol. The fourth-order valence-electron chi connectivity index (χ4n) is 2.61. The summed E-state index contributed by atoms with van der Waals surface area (Å²) in [5, 5.41) is 0. The number of anilines is 1. The second-order valence-corrected chi connectivity index (χ2v) is 7.66. The molecule has 3 aromatic carbocycles. The van der Waals surface area contributed by atoms with E-state index in [1.807, 2.05) is 30.3 Å². The summed E-state index contributed by atoms with van der Waals surface area (Å²) in [6.45, 7) is 0. The number of hydrogen-bond acceptors (Lipinski definition) is 4. The van der Waals surface area contributed by atoms with Crippen LogP contribution in [0.3, 0.4) is 0 Å². The van der Waals surface area contributed by atoms with Crippen LogP contribution in [0.15, 0.2) is 89.8 Å². The molecule has 0 saturated carbocycles. The number of nitrogens with one attached hydrogen (secondary N) is 1. The van der Waals surface area contributed by atoms with E-state index in [1.165, 1.54) is 13.2 Å². The van der Waals surface area contributed by atoms with Gasteiger partial charge in [-0.15, -0.1) is 0 Å². The minimum atomic E-state index is -3.73. The summed E-state index contributed by atoms with van der Waals surface area (Å²) < 4.78 is 32.4. The third-order valence-corrected chi connectivity index (χ3v) is 5.42. The van der Waals surface area contributed by atoms with Gasteiger partial charge in [0.1, 0.15) is 0 Å². The molecule has 142 valence electrons. The minimum Gasteiger partial charge on any atom is -0.466 e. The van der Waals surface area contributed by atoms with Crippen molar-refractivity contribution in [1.29, 1.82) is 0 Å². The first-order valence-electron chi connectivity index (χ1n) is 8.52. The van der Waals surface area contributed by atoms with E-state index in [0.717, 1.165) is 11.1 Å². The van der Waals surface area contributed by atoms with Gasteiger partial charge in [0.25, 0.3) is 10.0 Å². The highest BCUT2D eigenvalue weighted by Crippen LogP contribution is 2.23. The van der Waals surface area contributed by atoms with Gasteiger partial charge in [0.05, 0.1) is 12.0 Å². The zero-order valence-electron chi connectivity index (χ0n) is 15.2. The normalized spacial score (nSPS) is 11.3. The first kappa shape index (κ1) is 19.4. The van der Waals surface area contributed by atoms with Crippen LogP contribution in [-0.2, 0) is 19.6 Å². The Morgan fingerprint density at radius 1 is 0.893 bits per heavy atom. The summed E-state index contributed by atoms with van der Waals surface area (Å²) >= 11 is 0. The molecular weight excluding hydrogens is 374 g/mol. The van der Waals surface area contributed by atoms with Gasteiger partial charge in [-0.2, -0.15) is 0 Å². The van der Waals surface area contributed by atoms with Gasteiger partial charge in [-0.1, -0.05) is 54.6 Å². The maximum Gasteiger partial charge on any atom is 0.330 e. The summed E-state index contributed by atoms with van der Waals surface area (Å²) in [5.74, 6) is -0.482. The standard InChI is InChI=1S/C22H19NO4S/c1-27-22(24)15-10-17-6-5-9-20(16-17)23-28(25,26)21-13-11-19(12-14-21)18-7-3-2-4-8-18/h2-16,23H,1H3/b15-10+. The molecule has 3 rings (SSSR count). The lowest BCUT2D eigenvalue weighted by molar-refractivity contribution is -0.134. The molecular formula is C22H19NO4S. The van der Waals surface area contributed by atoms with E-state index < -0.39 is 16.0 Å². The SMILES string of the molecule is COC(=O)/C=C/c1cccc(NS(=O)(=O)c2ccc(-c3ccccc3)cc2)c1. The molecule has 0 fully saturated rings.